The van der Waals surface area contributed by atoms with E-state index in [0.29, 0.717) is 4.34 Å². The first kappa shape index (κ1) is 14.1. The van der Waals surface area contributed by atoms with Crippen LogP contribution in [0.15, 0.2) is 28.6 Å². The minimum atomic E-state index is -4.49. The van der Waals surface area contributed by atoms with E-state index < -0.39 is 17.9 Å². The van der Waals surface area contributed by atoms with Gasteiger partial charge in [-0.1, -0.05) is 23.9 Å². The minimum Gasteiger partial charge on any atom is -0.387 e. The van der Waals surface area contributed by atoms with Crippen LogP contribution < -0.4 is 5.73 Å². The van der Waals surface area contributed by atoms with Gasteiger partial charge < -0.3 is 5.73 Å². The van der Waals surface area contributed by atoms with Gasteiger partial charge in [-0.15, -0.1) is 11.3 Å². The van der Waals surface area contributed by atoms with Crippen molar-refractivity contribution in [3.05, 3.63) is 24.3 Å². The number of thioether (sulfide) groups is 1. The van der Waals surface area contributed by atoms with Crippen LogP contribution in [0.4, 0.5) is 13.2 Å². The average Bonchev–Trinajstić information content (AvgIpc) is 2.69. The van der Waals surface area contributed by atoms with Gasteiger partial charge in [-0.25, -0.2) is 4.98 Å². The number of hydrogen-bond donors (Lipinski definition) is 2. The molecule has 8 heteroatoms. The van der Waals surface area contributed by atoms with E-state index in [1.165, 1.54) is 11.3 Å². The van der Waals surface area contributed by atoms with E-state index >= 15 is 0 Å². The molecule has 3 N–H and O–H groups in total. The monoisotopic (exact) mass is 305 g/mol. The van der Waals surface area contributed by atoms with Gasteiger partial charge >= 0.3 is 6.18 Å². The van der Waals surface area contributed by atoms with Crippen LogP contribution in [-0.4, -0.2) is 22.7 Å². The molecule has 19 heavy (non-hydrogen) atoms. The smallest absolute Gasteiger partial charge is 0.387 e. The van der Waals surface area contributed by atoms with Crippen molar-refractivity contribution in [2.45, 2.75) is 10.5 Å². The van der Waals surface area contributed by atoms with Gasteiger partial charge in [-0.3, -0.25) is 5.41 Å². The fourth-order valence-electron chi connectivity index (χ4n) is 1.43. The molecule has 2 rings (SSSR count). The number of fused-ring (bicyclic) bond motifs is 1. The molecule has 1 aromatic heterocycles. The molecule has 0 radical (unpaired) electrons. The summed E-state index contributed by atoms with van der Waals surface area (Å²) in [6, 6.07) is 7.35. The number of nitrogens with zero attached hydrogens (tertiary/aromatic N) is 1. The van der Waals surface area contributed by atoms with Crippen LogP contribution in [0.3, 0.4) is 0 Å². The highest BCUT2D eigenvalue weighted by molar-refractivity contribution is 8.01. The number of nitrogens with two attached hydrogens (primary N) is 1. The Balaban J connectivity index is 2.10. The van der Waals surface area contributed by atoms with Crippen molar-refractivity contribution in [1.29, 1.82) is 5.41 Å². The zero-order valence-corrected chi connectivity index (χ0v) is 11.2. The summed E-state index contributed by atoms with van der Waals surface area (Å²) in [6.07, 6.45) is -4.49. The molecule has 0 bridgehead atoms. The van der Waals surface area contributed by atoms with Crippen molar-refractivity contribution >= 4 is 39.2 Å². The molecule has 1 aromatic carbocycles. The van der Waals surface area contributed by atoms with E-state index in [-0.39, 0.29) is 5.75 Å². The van der Waals surface area contributed by atoms with Crippen LogP contribution in [0.2, 0.25) is 0 Å². The highest BCUT2D eigenvalue weighted by Crippen LogP contribution is 2.34. The summed E-state index contributed by atoms with van der Waals surface area (Å²) in [5.74, 6) is -3.11. The Bertz CT molecular complexity index is 561. The first-order chi connectivity index (χ1) is 8.88. The molecule has 0 saturated heterocycles. The Morgan fingerprint density at radius 3 is 2.68 bits per heavy atom. The fourth-order valence-corrected chi connectivity index (χ4v) is 3.67. The van der Waals surface area contributed by atoms with Crippen LogP contribution in [0.1, 0.15) is 0 Å². The number of aromatic nitrogens is 1. The van der Waals surface area contributed by atoms with E-state index in [4.69, 9.17) is 11.1 Å². The summed E-state index contributed by atoms with van der Waals surface area (Å²) < 4.78 is 39.4. The molecule has 0 spiro atoms. The average molecular weight is 305 g/mol. The van der Waals surface area contributed by atoms with Crippen LogP contribution in [0.5, 0.6) is 0 Å². The van der Waals surface area contributed by atoms with Crippen molar-refractivity contribution < 1.29 is 13.2 Å². The first-order valence-electron chi connectivity index (χ1n) is 5.27. The molecule has 1 unspecified atom stereocenters. The quantitative estimate of drug-likeness (QED) is 0.516. The second kappa shape index (κ2) is 5.38. The SMILES string of the molecule is N=C(N)C(CSc1nc2ccccc2s1)C(F)(F)F. The first-order valence-corrected chi connectivity index (χ1v) is 7.07. The predicted molar refractivity (Wildman–Crippen MR) is 71.8 cm³/mol. The Hall–Kier alpha value is -1.28. The second-order valence-electron chi connectivity index (χ2n) is 3.81. The second-order valence-corrected chi connectivity index (χ2v) is 6.11. The number of hydrogen-bond acceptors (Lipinski definition) is 4. The third-order valence-corrected chi connectivity index (χ3v) is 4.69. The molecular weight excluding hydrogens is 295 g/mol. The number of para-hydroxylation sites is 1. The summed E-state index contributed by atoms with van der Waals surface area (Å²) in [5, 5.41) is 7.01. The number of nitrogens with one attached hydrogen (secondary N) is 1. The van der Waals surface area contributed by atoms with Gasteiger partial charge in [0.15, 0.2) is 4.34 Å². The van der Waals surface area contributed by atoms with Crippen LogP contribution >= 0.6 is 23.1 Å². The molecule has 0 aliphatic carbocycles. The van der Waals surface area contributed by atoms with E-state index in [9.17, 15) is 13.2 Å². The number of thiazole rings is 1. The zero-order valence-electron chi connectivity index (χ0n) is 9.57. The minimum absolute atomic E-state index is 0.321. The van der Waals surface area contributed by atoms with Crippen molar-refractivity contribution in [3.8, 4) is 0 Å². The zero-order chi connectivity index (χ0) is 14.0. The number of benzene rings is 1. The van der Waals surface area contributed by atoms with E-state index in [0.717, 1.165) is 22.0 Å². The lowest BCUT2D eigenvalue weighted by molar-refractivity contribution is -0.149. The summed E-state index contributed by atoms with van der Waals surface area (Å²) in [6.45, 7) is 0. The third kappa shape index (κ3) is 3.38. The van der Waals surface area contributed by atoms with E-state index in [1.807, 2.05) is 24.3 Å². The highest BCUT2D eigenvalue weighted by Gasteiger charge is 2.41. The number of halogens is 3. The summed E-state index contributed by atoms with van der Waals surface area (Å²) in [5.41, 5.74) is 5.76. The Morgan fingerprint density at radius 1 is 1.42 bits per heavy atom. The van der Waals surface area contributed by atoms with Gasteiger partial charge in [-0.05, 0) is 12.1 Å². The number of amidine groups is 1. The lowest BCUT2D eigenvalue weighted by Gasteiger charge is -2.17. The molecule has 0 amide bonds. The normalized spacial score (nSPS) is 13.6. The topological polar surface area (TPSA) is 62.8 Å². The van der Waals surface area contributed by atoms with Crippen LogP contribution in [-0.2, 0) is 0 Å². The van der Waals surface area contributed by atoms with Gasteiger partial charge in [0.1, 0.15) is 11.8 Å². The van der Waals surface area contributed by atoms with Crippen LogP contribution in [0, 0.1) is 11.3 Å². The Labute approximate surface area is 115 Å². The summed E-state index contributed by atoms with van der Waals surface area (Å²) in [4.78, 5) is 4.23. The van der Waals surface area contributed by atoms with Gasteiger partial charge in [0.25, 0.3) is 0 Å². The molecule has 0 aliphatic rings. The summed E-state index contributed by atoms with van der Waals surface area (Å²) in [7, 11) is 0. The molecule has 0 saturated carbocycles. The van der Waals surface area contributed by atoms with Crippen molar-refractivity contribution in [2.75, 3.05) is 5.75 Å². The molecule has 102 valence electrons. The van der Waals surface area contributed by atoms with Gasteiger partial charge in [-0.2, -0.15) is 13.2 Å². The number of alkyl halides is 3. The summed E-state index contributed by atoms with van der Waals surface area (Å²) >= 11 is 2.31. The number of rotatable bonds is 4. The fraction of sp³-hybridized carbons (Fsp3) is 0.273. The Kier molecular flexibility index (Phi) is 4.00. The largest absolute Gasteiger partial charge is 0.399 e. The van der Waals surface area contributed by atoms with Crippen molar-refractivity contribution in [3.63, 3.8) is 0 Å². The van der Waals surface area contributed by atoms with Crippen molar-refractivity contribution in [1.82, 2.24) is 4.98 Å². The molecule has 0 aliphatic heterocycles. The molecular formula is C11H10F3N3S2. The predicted octanol–water partition coefficient (Wildman–Crippen LogP) is 3.50. The van der Waals surface area contributed by atoms with Gasteiger partial charge in [0, 0.05) is 5.75 Å². The maximum absolute atomic E-state index is 12.6. The van der Waals surface area contributed by atoms with Crippen molar-refractivity contribution in [2.24, 2.45) is 11.7 Å². The maximum atomic E-state index is 12.6. The van der Waals surface area contributed by atoms with Gasteiger partial charge in [0.05, 0.1) is 10.2 Å². The Morgan fingerprint density at radius 2 is 2.11 bits per heavy atom. The third-order valence-electron chi connectivity index (χ3n) is 2.42. The molecule has 3 nitrogen and oxygen atoms in total. The molecule has 0 fully saturated rings. The maximum Gasteiger partial charge on any atom is 0.399 e. The lowest BCUT2D eigenvalue weighted by atomic mass is 10.1. The standard InChI is InChI=1S/C11H10F3N3S2/c12-11(13,14)6(9(15)16)5-18-10-17-7-3-1-2-4-8(7)19-10/h1-4,6H,5H2,(H3,15,16). The molecule has 1 heterocycles. The van der Waals surface area contributed by atoms with Crippen LogP contribution in [0.25, 0.3) is 10.2 Å². The van der Waals surface area contributed by atoms with Gasteiger partial charge in [0.2, 0.25) is 0 Å². The van der Waals surface area contributed by atoms with E-state index in [2.05, 4.69) is 4.98 Å². The lowest BCUT2D eigenvalue weighted by Crippen LogP contribution is -2.36. The van der Waals surface area contributed by atoms with E-state index in [1.54, 1.807) is 0 Å². The molecule has 1 atom stereocenters. The highest BCUT2D eigenvalue weighted by atomic mass is 32.2. The molecule has 2 aromatic rings.